The number of anilines is 1. The fraction of sp³-hybridized carbons (Fsp3) is 0.227. The van der Waals surface area contributed by atoms with Crippen molar-refractivity contribution in [1.29, 1.82) is 0 Å². The van der Waals surface area contributed by atoms with Gasteiger partial charge in [0.05, 0.1) is 0 Å². The number of nitrogens with one attached hydrogen (secondary N) is 1. The average Bonchev–Trinajstić information content (AvgIpc) is 2.62. The van der Waals surface area contributed by atoms with E-state index in [1.165, 1.54) is 5.56 Å². The first-order chi connectivity index (χ1) is 12.1. The van der Waals surface area contributed by atoms with Crippen LogP contribution in [-0.4, -0.2) is 12.0 Å². The van der Waals surface area contributed by atoms with Crippen LogP contribution in [0, 0.1) is 13.8 Å². The Kier molecular flexibility index (Phi) is 5.03. The van der Waals surface area contributed by atoms with Gasteiger partial charge in [-0.25, -0.2) is 0 Å². The minimum Gasteiger partial charge on any atom is -0.480 e. The van der Waals surface area contributed by atoms with Crippen LogP contribution in [0.25, 0.3) is 10.8 Å². The Labute approximate surface area is 148 Å². The van der Waals surface area contributed by atoms with E-state index >= 15 is 0 Å². The summed E-state index contributed by atoms with van der Waals surface area (Å²) in [7, 11) is 0. The molecule has 3 rings (SSSR count). The highest BCUT2D eigenvalue weighted by Gasteiger charge is 2.19. The van der Waals surface area contributed by atoms with Crippen molar-refractivity contribution < 1.29 is 9.53 Å². The highest BCUT2D eigenvalue weighted by molar-refractivity contribution is 5.95. The largest absolute Gasteiger partial charge is 0.480 e. The molecule has 0 aliphatic heterocycles. The molecule has 1 atom stereocenters. The van der Waals surface area contributed by atoms with Crippen LogP contribution < -0.4 is 10.1 Å². The number of hydrogen-bond donors (Lipinski definition) is 1. The Morgan fingerprint density at radius 1 is 1.00 bits per heavy atom. The molecule has 3 heteroatoms. The Bertz CT molecular complexity index is 896. The smallest absolute Gasteiger partial charge is 0.265 e. The van der Waals surface area contributed by atoms with E-state index in [0.29, 0.717) is 6.42 Å². The number of fused-ring (bicyclic) bond motifs is 1. The van der Waals surface area contributed by atoms with Gasteiger partial charge < -0.3 is 10.1 Å². The van der Waals surface area contributed by atoms with Gasteiger partial charge in [-0.05, 0) is 55.0 Å². The molecule has 128 valence electrons. The maximum atomic E-state index is 12.6. The molecule has 25 heavy (non-hydrogen) atoms. The summed E-state index contributed by atoms with van der Waals surface area (Å²) < 4.78 is 6.05. The highest BCUT2D eigenvalue weighted by Crippen LogP contribution is 2.27. The first kappa shape index (κ1) is 17.0. The van der Waals surface area contributed by atoms with Gasteiger partial charge in [0, 0.05) is 11.1 Å². The lowest BCUT2D eigenvalue weighted by atomic mass is 10.1. The molecule has 1 N–H and O–H groups in total. The van der Waals surface area contributed by atoms with E-state index in [2.05, 4.69) is 12.2 Å². The minimum absolute atomic E-state index is 0.126. The summed E-state index contributed by atoms with van der Waals surface area (Å²) in [6.45, 7) is 6.05. The van der Waals surface area contributed by atoms with E-state index in [-0.39, 0.29) is 5.91 Å². The molecule has 0 aromatic heterocycles. The molecule has 0 bridgehead atoms. The normalized spacial score (nSPS) is 12.0. The molecule has 3 aromatic carbocycles. The molecule has 0 heterocycles. The number of carbonyl (C=O) groups is 1. The van der Waals surface area contributed by atoms with Crippen LogP contribution in [-0.2, 0) is 4.79 Å². The molecule has 0 saturated heterocycles. The van der Waals surface area contributed by atoms with Crippen molar-refractivity contribution >= 4 is 22.4 Å². The predicted octanol–water partition coefficient (Wildman–Crippen LogP) is 5.25. The van der Waals surface area contributed by atoms with Crippen LogP contribution in [0.1, 0.15) is 24.5 Å². The number of ether oxygens (including phenoxy) is 1. The summed E-state index contributed by atoms with van der Waals surface area (Å²) in [5.41, 5.74) is 3.16. The Balaban J connectivity index is 1.79. The Morgan fingerprint density at radius 3 is 2.52 bits per heavy atom. The molecule has 3 nitrogen and oxygen atoms in total. The third-order valence-electron chi connectivity index (χ3n) is 4.46. The van der Waals surface area contributed by atoms with Crippen molar-refractivity contribution in [3.63, 3.8) is 0 Å². The van der Waals surface area contributed by atoms with Gasteiger partial charge in [0.2, 0.25) is 0 Å². The zero-order valence-electron chi connectivity index (χ0n) is 14.9. The van der Waals surface area contributed by atoms with E-state index in [1.807, 2.05) is 74.5 Å². The van der Waals surface area contributed by atoms with Crippen molar-refractivity contribution in [3.8, 4) is 5.75 Å². The van der Waals surface area contributed by atoms with Gasteiger partial charge in [-0.3, -0.25) is 4.79 Å². The average molecular weight is 333 g/mol. The SMILES string of the molecule is CCC(Oc1cccc2ccccc12)C(=O)Nc1ccc(C)c(C)c1. The van der Waals surface area contributed by atoms with E-state index in [4.69, 9.17) is 4.74 Å². The van der Waals surface area contributed by atoms with Crippen LogP contribution in [0.15, 0.2) is 60.7 Å². The van der Waals surface area contributed by atoms with Crippen molar-refractivity contribution in [3.05, 3.63) is 71.8 Å². The standard InChI is InChI=1S/C22H23NO2/c1-4-20(22(24)23-18-13-12-15(2)16(3)14-18)25-21-11-7-9-17-8-5-6-10-19(17)21/h5-14,20H,4H2,1-3H3,(H,23,24). The molecule has 1 unspecified atom stereocenters. The first-order valence-electron chi connectivity index (χ1n) is 8.61. The summed E-state index contributed by atoms with van der Waals surface area (Å²) in [6, 6.07) is 19.8. The number of hydrogen-bond acceptors (Lipinski definition) is 2. The number of amides is 1. The van der Waals surface area contributed by atoms with Gasteiger partial charge in [0.1, 0.15) is 5.75 Å². The van der Waals surface area contributed by atoms with E-state index < -0.39 is 6.10 Å². The summed E-state index contributed by atoms with van der Waals surface area (Å²) in [4.78, 5) is 12.6. The second-order valence-corrected chi connectivity index (χ2v) is 6.28. The van der Waals surface area contributed by atoms with Crippen LogP contribution in [0.4, 0.5) is 5.69 Å². The quantitative estimate of drug-likeness (QED) is 0.692. The molecule has 0 spiro atoms. The predicted molar refractivity (Wildman–Crippen MR) is 103 cm³/mol. The maximum absolute atomic E-state index is 12.6. The molecule has 0 fully saturated rings. The lowest BCUT2D eigenvalue weighted by Gasteiger charge is -2.19. The number of rotatable bonds is 5. The summed E-state index contributed by atoms with van der Waals surface area (Å²) in [6.07, 6.45) is 0.0623. The van der Waals surface area contributed by atoms with Crippen molar-refractivity contribution in [2.75, 3.05) is 5.32 Å². The van der Waals surface area contributed by atoms with Crippen molar-refractivity contribution in [2.45, 2.75) is 33.3 Å². The van der Waals surface area contributed by atoms with Gasteiger partial charge in [-0.1, -0.05) is 49.4 Å². The van der Waals surface area contributed by atoms with Gasteiger partial charge in [-0.2, -0.15) is 0 Å². The topological polar surface area (TPSA) is 38.3 Å². The van der Waals surface area contributed by atoms with Gasteiger partial charge >= 0.3 is 0 Å². The number of aryl methyl sites for hydroxylation is 2. The first-order valence-corrected chi connectivity index (χ1v) is 8.61. The summed E-state index contributed by atoms with van der Waals surface area (Å²) in [5.74, 6) is 0.610. The molecule has 0 radical (unpaired) electrons. The summed E-state index contributed by atoms with van der Waals surface area (Å²) >= 11 is 0. The fourth-order valence-electron chi connectivity index (χ4n) is 2.82. The van der Waals surface area contributed by atoms with Crippen LogP contribution >= 0.6 is 0 Å². The lowest BCUT2D eigenvalue weighted by molar-refractivity contribution is -0.122. The number of carbonyl (C=O) groups excluding carboxylic acids is 1. The van der Waals surface area contributed by atoms with Gasteiger partial charge in [0.15, 0.2) is 6.10 Å². The van der Waals surface area contributed by atoms with Crippen LogP contribution in [0.2, 0.25) is 0 Å². The molecule has 0 aliphatic rings. The van der Waals surface area contributed by atoms with Gasteiger partial charge in [0.25, 0.3) is 5.91 Å². The number of benzene rings is 3. The maximum Gasteiger partial charge on any atom is 0.265 e. The molecular formula is C22H23NO2. The minimum atomic E-state index is -0.535. The van der Waals surface area contributed by atoms with E-state index in [0.717, 1.165) is 27.8 Å². The molecule has 1 amide bonds. The van der Waals surface area contributed by atoms with Crippen molar-refractivity contribution in [2.24, 2.45) is 0 Å². The fourth-order valence-corrected chi connectivity index (χ4v) is 2.82. The molecule has 3 aromatic rings. The highest BCUT2D eigenvalue weighted by atomic mass is 16.5. The zero-order chi connectivity index (χ0) is 17.8. The third-order valence-corrected chi connectivity index (χ3v) is 4.46. The molecule has 0 saturated carbocycles. The van der Waals surface area contributed by atoms with E-state index in [9.17, 15) is 4.79 Å². The Hall–Kier alpha value is -2.81. The van der Waals surface area contributed by atoms with E-state index in [1.54, 1.807) is 0 Å². The summed E-state index contributed by atoms with van der Waals surface area (Å²) in [5, 5.41) is 5.08. The monoisotopic (exact) mass is 333 g/mol. The zero-order valence-corrected chi connectivity index (χ0v) is 14.9. The van der Waals surface area contributed by atoms with Crippen LogP contribution in [0.3, 0.4) is 0 Å². The second kappa shape index (κ2) is 7.39. The molecule has 0 aliphatic carbocycles. The molecular weight excluding hydrogens is 310 g/mol. The lowest BCUT2D eigenvalue weighted by Crippen LogP contribution is -2.32. The van der Waals surface area contributed by atoms with Crippen molar-refractivity contribution in [1.82, 2.24) is 0 Å². The second-order valence-electron chi connectivity index (χ2n) is 6.28. The Morgan fingerprint density at radius 2 is 1.76 bits per heavy atom. The van der Waals surface area contributed by atoms with Crippen LogP contribution in [0.5, 0.6) is 5.75 Å². The van der Waals surface area contributed by atoms with Gasteiger partial charge in [-0.15, -0.1) is 0 Å². The third kappa shape index (κ3) is 3.82.